The number of amides is 2. The third-order valence-corrected chi connectivity index (χ3v) is 7.23. The van der Waals surface area contributed by atoms with Gasteiger partial charge < -0.3 is 29.2 Å². The van der Waals surface area contributed by atoms with E-state index < -0.39 is 6.61 Å². The predicted molar refractivity (Wildman–Crippen MR) is 147 cm³/mol. The predicted octanol–water partition coefficient (Wildman–Crippen LogP) is 2.29. The van der Waals surface area contributed by atoms with Crippen molar-refractivity contribution >= 4 is 28.5 Å². The minimum atomic E-state index is -0.529. The standard InChI is InChI=1S/C29H36N4O6/c1-4-9-21-16-22-25(29(38)33(21)17-23(35)19-10-7-6-8-11-19)27(39-5-2)26(31(22)3)28(37)30-20-12-14-32(15-13-20)24(36)18-34/h6-8,10-11,16,20,34H,4-5,9,12-15,17-18H2,1-3H3,(H,30,37). The number of aliphatic hydroxyl groups excluding tert-OH is 1. The summed E-state index contributed by atoms with van der Waals surface area (Å²) in [5.74, 6) is -0.661. The molecule has 0 saturated carbocycles. The fraction of sp³-hybridized carbons (Fsp3) is 0.448. The van der Waals surface area contributed by atoms with E-state index in [1.165, 1.54) is 4.57 Å². The van der Waals surface area contributed by atoms with Crippen molar-refractivity contribution in [2.24, 2.45) is 7.05 Å². The zero-order valence-electron chi connectivity index (χ0n) is 22.7. The maximum atomic E-state index is 13.9. The Kier molecular flexibility index (Phi) is 8.86. The SMILES string of the molecule is CCCc1cc2c(c(OCC)c(C(=O)NC3CCN(C(=O)CO)CC3)n2C)c(=O)n1CC(=O)c1ccccc1. The van der Waals surface area contributed by atoms with E-state index in [0.717, 1.165) is 12.1 Å². The Bertz CT molecular complexity index is 1420. The Labute approximate surface area is 227 Å². The van der Waals surface area contributed by atoms with E-state index in [0.29, 0.717) is 43.4 Å². The van der Waals surface area contributed by atoms with Crippen molar-refractivity contribution in [3.8, 4) is 5.75 Å². The van der Waals surface area contributed by atoms with Crippen molar-refractivity contribution in [1.29, 1.82) is 0 Å². The number of ether oxygens (including phenoxy) is 1. The first-order valence-corrected chi connectivity index (χ1v) is 13.5. The molecule has 4 rings (SSSR count). The van der Waals surface area contributed by atoms with Crippen LogP contribution in [0.4, 0.5) is 0 Å². The molecule has 39 heavy (non-hydrogen) atoms. The van der Waals surface area contributed by atoms with Gasteiger partial charge in [-0.25, -0.2) is 0 Å². The van der Waals surface area contributed by atoms with Gasteiger partial charge in [0.1, 0.15) is 12.0 Å². The van der Waals surface area contributed by atoms with Crippen molar-refractivity contribution in [2.75, 3.05) is 26.3 Å². The fourth-order valence-corrected chi connectivity index (χ4v) is 5.21. The minimum Gasteiger partial charge on any atom is -0.491 e. The number of nitrogens with zero attached hydrogens (tertiary/aromatic N) is 3. The van der Waals surface area contributed by atoms with Gasteiger partial charge in [0, 0.05) is 37.4 Å². The highest BCUT2D eigenvalue weighted by molar-refractivity contribution is 6.04. The van der Waals surface area contributed by atoms with Gasteiger partial charge in [-0.1, -0.05) is 43.7 Å². The molecule has 0 spiro atoms. The van der Waals surface area contributed by atoms with Crippen LogP contribution in [0.2, 0.25) is 0 Å². The Balaban J connectivity index is 1.72. The van der Waals surface area contributed by atoms with Crippen LogP contribution in [-0.2, 0) is 24.8 Å². The van der Waals surface area contributed by atoms with Crippen LogP contribution < -0.4 is 15.6 Å². The van der Waals surface area contributed by atoms with Crippen LogP contribution in [0.25, 0.3) is 10.9 Å². The first-order chi connectivity index (χ1) is 18.8. The van der Waals surface area contributed by atoms with Gasteiger partial charge in [-0.3, -0.25) is 19.2 Å². The van der Waals surface area contributed by atoms with Gasteiger partial charge in [0.05, 0.1) is 18.7 Å². The van der Waals surface area contributed by atoms with E-state index >= 15 is 0 Å². The van der Waals surface area contributed by atoms with Gasteiger partial charge in [-0.05, 0) is 32.3 Å². The number of rotatable bonds is 10. The maximum Gasteiger partial charge on any atom is 0.272 e. The van der Waals surface area contributed by atoms with Gasteiger partial charge in [0.25, 0.3) is 11.5 Å². The van der Waals surface area contributed by atoms with Crippen LogP contribution in [0.1, 0.15) is 59.7 Å². The number of nitrogens with one attached hydrogen (secondary N) is 1. The highest BCUT2D eigenvalue weighted by atomic mass is 16.5. The number of likely N-dealkylation sites (tertiary alicyclic amines) is 1. The Morgan fingerprint density at radius 3 is 2.41 bits per heavy atom. The van der Waals surface area contributed by atoms with Crippen LogP contribution in [0.3, 0.4) is 0 Å². The minimum absolute atomic E-state index is 0.110. The zero-order valence-corrected chi connectivity index (χ0v) is 22.7. The molecule has 10 nitrogen and oxygen atoms in total. The van der Waals surface area contributed by atoms with Gasteiger partial charge in [-0.2, -0.15) is 0 Å². The Hall–Kier alpha value is -3.92. The molecular formula is C29H36N4O6. The topological polar surface area (TPSA) is 123 Å². The summed E-state index contributed by atoms with van der Waals surface area (Å²) in [4.78, 5) is 53.9. The van der Waals surface area contributed by atoms with Crippen molar-refractivity contribution in [3.63, 3.8) is 0 Å². The molecule has 3 aromatic rings. The molecule has 0 bridgehead atoms. The van der Waals surface area contributed by atoms with Gasteiger partial charge >= 0.3 is 0 Å². The van der Waals surface area contributed by atoms with E-state index in [1.54, 1.807) is 47.7 Å². The number of hydrogen-bond donors (Lipinski definition) is 2. The van der Waals surface area contributed by atoms with Crippen LogP contribution in [0.5, 0.6) is 5.75 Å². The van der Waals surface area contributed by atoms with Gasteiger partial charge in [-0.15, -0.1) is 0 Å². The van der Waals surface area contributed by atoms with E-state index in [4.69, 9.17) is 9.84 Å². The molecule has 2 N–H and O–H groups in total. The van der Waals surface area contributed by atoms with Crippen LogP contribution in [0, 0.1) is 0 Å². The smallest absolute Gasteiger partial charge is 0.272 e. The molecule has 10 heteroatoms. The first kappa shape index (κ1) is 28.1. The number of aliphatic hydroxyl groups is 1. The number of carbonyl (C=O) groups is 3. The second-order valence-electron chi connectivity index (χ2n) is 9.78. The summed E-state index contributed by atoms with van der Waals surface area (Å²) in [7, 11) is 1.73. The third-order valence-electron chi connectivity index (χ3n) is 7.23. The molecule has 1 aromatic carbocycles. The highest BCUT2D eigenvalue weighted by Gasteiger charge is 2.30. The Morgan fingerprint density at radius 1 is 1.10 bits per heavy atom. The van der Waals surface area contributed by atoms with Crippen LogP contribution in [0.15, 0.2) is 41.2 Å². The molecular weight excluding hydrogens is 500 g/mol. The number of aromatic nitrogens is 2. The van der Waals surface area contributed by atoms with Crippen LogP contribution in [-0.4, -0.2) is 69.1 Å². The van der Waals surface area contributed by atoms with Crippen molar-refractivity contribution in [3.05, 3.63) is 63.7 Å². The maximum absolute atomic E-state index is 13.9. The second-order valence-corrected chi connectivity index (χ2v) is 9.78. The lowest BCUT2D eigenvalue weighted by Gasteiger charge is -2.32. The summed E-state index contributed by atoms with van der Waals surface area (Å²) in [5.41, 5.74) is 1.69. The quantitative estimate of drug-likeness (QED) is 0.384. The summed E-state index contributed by atoms with van der Waals surface area (Å²) >= 11 is 0. The third kappa shape index (κ3) is 5.75. The summed E-state index contributed by atoms with van der Waals surface area (Å²) in [6.45, 7) is 4.29. The Morgan fingerprint density at radius 2 is 1.79 bits per heavy atom. The molecule has 2 aromatic heterocycles. The lowest BCUT2D eigenvalue weighted by molar-refractivity contribution is -0.135. The molecule has 208 valence electrons. The molecule has 2 amide bonds. The first-order valence-electron chi connectivity index (χ1n) is 13.5. The monoisotopic (exact) mass is 536 g/mol. The average Bonchev–Trinajstić information content (AvgIpc) is 3.22. The largest absolute Gasteiger partial charge is 0.491 e. The average molecular weight is 537 g/mol. The fourth-order valence-electron chi connectivity index (χ4n) is 5.21. The molecule has 1 aliphatic rings. The number of carbonyl (C=O) groups excluding carboxylic acids is 3. The molecule has 0 atom stereocenters. The molecule has 0 unspecified atom stereocenters. The lowest BCUT2D eigenvalue weighted by Crippen LogP contribution is -2.47. The number of benzene rings is 1. The normalized spacial score (nSPS) is 14.0. The summed E-state index contributed by atoms with van der Waals surface area (Å²) in [5, 5.41) is 12.4. The highest BCUT2D eigenvalue weighted by Crippen LogP contribution is 2.32. The number of Topliss-reactive ketones (excluding diaryl/α,β-unsaturated/α-hetero) is 1. The van der Waals surface area contributed by atoms with Crippen molar-refractivity contribution in [1.82, 2.24) is 19.4 Å². The molecule has 1 fully saturated rings. The molecule has 0 aliphatic carbocycles. The number of fused-ring (bicyclic) bond motifs is 1. The number of pyridine rings is 1. The number of piperidine rings is 1. The van der Waals surface area contributed by atoms with Gasteiger partial charge in [0.2, 0.25) is 5.91 Å². The van der Waals surface area contributed by atoms with E-state index in [1.807, 2.05) is 19.1 Å². The van der Waals surface area contributed by atoms with Crippen molar-refractivity contribution < 1.29 is 24.2 Å². The second kappa shape index (κ2) is 12.3. The summed E-state index contributed by atoms with van der Waals surface area (Å²) in [6, 6.07) is 10.6. The number of aryl methyl sites for hydroxylation is 2. The van der Waals surface area contributed by atoms with E-state index in [-0.39, 0.29) is 59.2 Å². The molecule has 1 aliphatic heterocycles. The molecule has 3 heterocycles. The van der Waals surface area contributed by atoms with Gasteiger partial charge in [0.15, 0.2) is 17.2 Å². The van der Waals surface area contributed by atoms with E-state index in [2.05, 4.69) is 5.32 Å². The number of ketones is 1. The van der Waals surface area contributed by atoms with Crippen LogP contribution >= 0.6 is 0 Å². The molecule has 0 radical (unpaired) electrons. The zero-order chi connectivity index (χ0) is 28.1. The van der Waals surface area contributed by atoms with E-state index in [9.17, 15) is 19.2 Å². The number of hydrogen-bond acceptors (Lipinski definition) is 6. The van der Waals surface area contributed by atoms with Crippen molar-refractivity contribution in [2.45, 2.75) is 52.1 Å². The molecule has 1 saturated heterocycles. The summed E-state index contributed by atoms with van der Waals surface area (Å²) < 4.78 is 9.09. The lowest BCUT2D eigenvalue weighted by atomic mass is 10.0. The summed E-state index contributed by atoms with van der Waals surface area (Å²) in [6.07, 6.45) is 2.48.